The van der Waals surface area contributed by atoms with Crippen LogP contribution in [-0.4, -0.2) is 15.0 Å². The average Bonchev–Trinajstić information content (AvgIpc) is 2.25. The molecule has 1 rings (SSSR count). The summed E-state index contributed by atoms with van der Waals surface area (Å²) in [6.45, 7) is 5.54. The quantitative estimate of drug-likeness (QED) is 0.491. The van der Waals surface area contributed by atoms with Gasteiger partial charge in [0.1, 0.15) is 0 Å². The van der Waals surface area contributed by atoms with Gasteiger partial charge in [-0.3, -0.25) is 0 Å². The molecule has 0 aliphatic heterocycles. The maximum atomic E-state index is 11.9. The molecule has 0 bridgehead atoms. The molecule has 0 aliphatic rings. The molecule has 1 aromatic rings. The second kappa shape index (κ2) is 5.53. The number of nitrogens with one attached hydrogen (secondary N) is 1. The SMILES string of the molecule is C=CCCNS(=O)(=O)c1cc(C)c(Cl)c(N)c1. The van der Waals surface area contributed by atoms with E-state index in [0.717, 1.165) is 0 Å². The van der Waals surface area contributed by atoms with Crippen LogP contribution >= 0.6 is 11.6 Å². The Balaban J connectivity index is 3.03. The lowest BCUT2D eigenvalue weighted by Crippen LogP contribution is -2.24. The lowest BCUT2D eigenvalue weighted by molar-refractivity contribution is 0.582. The van der Waals surface area contributed by atoms with Gasteiger partial charge in [0.05, 0.1) is 15.6 Å². The first-order valence-corrected chi connectivity index (χ1v) is 6.91. The Kier molecular flexibility index (Phi) is 4.56. The van der Waals surface area contributed by atoms with Crippen molar-refractivity contribution in [2.24, 2.45) is 0 Å². The minimum Gasteiger partial charge on any atom is -0.397 e. The molecule has 94 valence electrons. The molecule has 0 unspecified atom stereocenters. The minimum atomic E-state index is -3.53. The predicted octanol–water partition coefficient (Wildman–Crippen LogP) is 2.09. The van der Waals surface area contributed by atoms with Crippen molar-refractivity contribution in [1.82, 2.24) is 4.72 Å². The zero-order chi connectivity index (χ0) is 13.1. The van der Waals surface area contributed by atoms with Gasteiger partial charge in [-0.05, 0) is 31.0 Å². The Hall–Kier alpha value is -1.04. The van der Waals surface area contributed by atoms with E-state index in [-0.39, 0.29) is 10.6 Å². The third-order valence-electron chi connectivity index (χ3n) is 2.21. The first-order valence-electron chi connectivity index (χ1n) is 5.04. The number of sulfonamides is 1. The van der Waals surface area contributed by atoms with Crippen LogP contribution in [0.3, 0.4) is 0 Å². The molecule has 0 aromatic heterocycles. The number of anilines is 1. The second-order valence-electron chi connectivity index (χ2n) is 3.62. The average molecular weight is 275 g/mol. The number of hydrogen-bond acceptors (Lipinski definition) is 3. The molecule has 0 spiro atoms. The maximum absolute atomic E-state index is 11.9. The largest absolute Gasteiger partial charge is 0.397 e. The Morgan fingerprint density at radius 1 is 1.53 bits per heavy atom. The molecule has 3 N–H and O–H groups in total. The highest BCUT2D eigenvalue weighted by atomic mass is 35.5. The van der Waals surface area contributed by atoms with Crippen molar-refractivity contribution in [1.29, 1.82) is 0 Å². The van der Waals surface area contributed by atoms with Crippen molar-refractivity contribution in [3.63, 3.8) is 0 Å². The van der Waals surface area contributed by atoms with E-state index in [1.54, 1.807) is 13.0 Å². The van der Waals surface area contributed by atoms with Crippen LogP contribution in [0.1, 0.15) is 12.0 Å². The number of nitrogens with two attached hydrogens (primary N) is 1. The fraction of sp³-hybridized carbons (Fsp3) is 0.273. The monoisotopic (exact) mass is 274 g/mol. The van der Waals surface area contributed by atoms with E-state index in [1.807, 2.05) is 0 Å². The molecule has 0 radical (unpaired) electrons. The van der Waals surface area contributed by atoms with Gasteiger partial charge in [-0.15, -0.1) is 6.58 Å². The summed E-state index contributed by atoms with van der Waals surface area (Å²) < 4.78 is 26.2. The highest BCUT2D eigenvalue weighted by Crippen LogP contribution is 2.26. The molecule has 0 fully saturated rings. The molecular formula is C11H15ClN2O2S. The molecule has 1 aromatic carbocycles. The van der Waals surface area contributed by atoms with Crippen molar-refractivity contribution in [3.05, 3.63) is 35.4 Å². The number of nitrogen functional groups attached to an aromatic ring is 1. The molecular weight excluding hydrogens is 260 g/mol. The first kappa shape index (κ1) is 14.0. The van der Waals surface area contributed by atoms with Crippen molar-refractivity contribution in [2.75, 3.05) is 12.3 Å². The van der Waals surface area contributed by atoms with Gasteiger partial charge in [-0.1, -0.05) is 17.7 Å². The fourth-order valence-electron chi connectivity index (χ4n) is 1.30. The molecule has 6 heteroatoms. The standard InChI is InChI=1S/C11H15ClN2O2S/c1-3-4-5-14-17(15,16)9-6-8(2)11(12)10(13)7-9/h3,6-7,14H,1,4-5,13H2,2H3. The summed E-state index contributed by atoms with van der Waals surface area (Å²) in [5, 5.41) is 0.384. The van der Waals surface area contributed by atoms with E-state index in [9.17, 15) is 8.42 Å². The van der Waals surface area contributed by atoms with Crippen LogP contribution < -0.4 is 10.5 Å². The van der Waals surface area contributed by atoms with Crippen LogP contribution in [-0.2, 0) is 10.0 Å². The Labute approximate surface area is 107 Å². The van der Waals surface area contributed by atoms with E-state index >= 15 is 0 Å². The smallest absolute Gasteiger partial charge is 0.240 e. The Morgan fingerprint density at radius 3 is 2.71 bits per heavy atom. The normalized spacial score (nSPS) is 11.4. The molecule has 0 saturated heterocycles. The summed E-state index contributed by atoms with van der Waals surface area (Å²) in [5.41, 5.74) is 6.53. The van der Waals surface area contributed by atoms with Crippen LogP contribution in [0, 0.1) is 6.92 Å². The van der Waals surface area contributed by atoms with Crippen molar-refractivity contribution >= 4 is 27.3 Å². The van der Waals surface area contributed by atoms with Gasteiger partial charge in [0.2, 0.25) is 10.0 Å². The van der Waals surface area contributed by atoms with Gasteiger partial charge in [-0.25, -0.2) is 13.1 Å². The number of hydrogen-bond donors (Lipinski definition) is 2. The summed E-state index contributed by atoms with van der Waals surface area (Å²) in [6.07, 6.45) is 2.21. The van der Waals surface area contributed by atoms with Gasteiger partial charge in [0.15, 0.2) is 0 Å². The summed E-state index contributed by atoms with van der Waals surface area (Å²) in [7, 11) is -3.53. The van der Waals surface area contributed by atoms with Crippen molar-refractivity contribution in [2.45, 2.75) is 18.2 Å². The second-order valence-corrected chi connectivity index (χ2v) is 5.76. The van der Waals surface area contributed by atoms with Gasteiger partial charge >= 0.3 is 0 Å². The Bertz CT molecular complexity index is 503. The summed E-state index contributed by atoms with van der Waals surface area (Å²) in [4.78, 5) is 0.126. The predicted molar refractivity (Wildman–Crippen MR) is 70.6 cm³/mol. The van der Waals surface area contributed by atoms with Crippen molar-refractivity contribution < 1.29 is 8.42 Å². The van der Waals surface area contributed by atoms with E-state index in [1.165, 1.54) is 12.1 Å². The Morgan fingerprint density at radius 2 is 2.18 bits per heavy atom. The lowest BCUT2D eigenvalue weighted by atomic mass is 10.2. The van der Waals surface area contributed by atoms with E-state index in [2.05, 4.69) is 11.3 Å². The number of rotatable bonds is 5. The van der Waals surface area contributed by atoms with Crippen LogP contribution in [0.25, 0.3) is 0 Å². The third kappa shape index (κ3) is 3.46. The number of aryl methyl sites for hydroxylation is 1. The molecule has 0 saturated carbocycles. The van der Waals surface area contributed by atoms with Crippen LogP contribution in [0.2, 0.25) is 5.02 Å². The highest BCUT2D eigenvalue weighted by molar-refractivity contribution is 7.89. The molecule has 0 aliphatic carbocycles. The zero-order valence-corrected chi connectivity index (χ0v) is 11.1. The summed E-state index contributed by atoms with van der Waals surface area (Å²) in [5.74, 6) is 0. The minimum absolute atomic E-state index is 0.126. The summed E-state index contributed by atoms with van der Waals surface area (Å²) >= 11 is 5.87. The van der Waals surface area contributed by atoms with Gasteiger partial charge in [0, 0.05) is 6.54 Å². The summed E-state index contributed by atoms with van der Waals surface area (Å²) in [6, 6.07) is 2.85. The molecule has 0 amide bonds. The molecule has 0 atom stereocenters. The molecule has 0 heterocycles. The molecule has 4 nitrogen and oxygen atoms in total. The zero-order valence-electron chi connectivity index (χ0n) is 9.53. The van der Waals surface area contributed by atoms with Crippen LogP contribution in [0.4, 0.5) is 5.69 Å². The number of benzene rings is 1. The highest BCUT2D eigenvalue weighted by Gasteiger charge is 2.15. The van der Waals surface area contributed by atoms with Crippen molar-refractivity contribution in [3.8, 4) is 0 Å². The molecule has 17 heavy (non-hydrogen) atoms. The van der Waals surface area contributed by atoms with Crippen LogP contribution in [0.15, 0.2) is 29.7 Å². The van der Waals surface area contributed by atoms with E-state index in [0.29, 0.717) is 23.6 Å². The fourth-order valence-corrected chi connectivity index (χ4v) is 2.57. The van der Waals surface area contributed by atoms with Gasteiger partial charge in [-0.2, -0.15) is 0 Å². The van der Waals surface area contributed by atoms with Crippen LogP contribution in [0.5, 0.6) is 0 Å². The number of halogens is 1. The maximum Gasteiger partial charge on any atom is 0.240 e. The topological polar surface area (TPSA) is 72.2 Å². The van der Waals surface area contributed by atoms with Gasteiger partial charge in [0.25, 0.3) is 0 Å². The lowest BCUT2D eigenvalue weighted by Gasteiger charge is -2.09. The third-order valence-corrected chi connectivity index (χ3v) is 4.16. The van der Waals surface area contributed by atoms with E-state index in [4.69, 9.17) is 17.3 Å². The first-order chi connectivity index (χ1) is 7.88. The van der Waals surface area contributed by atoms with E-state index < -0.39 is 10.0 Å². The van der Waals surface area contributed by atoms with Gasteiger partial charge < -0.3 is 5.73 Å².